The molecule has 2 rings (SSSR count). The van der Waals surface area contributed by atoms with Gasteiger partial charge in [-0.05, 0) is 57.3 Å². The molecule has 1 aliphatic heterocycles. The molecule has 1 aromatic rings. The third kappa shape index (κ3) is 2.46. The van der Waals surface area contributed by atoms with E-state index in [0.717, 1.165) is 29.7 Å². The van der Waals surface area contributed by atoms with Gasteiger partial charge in [0.1, 0.15) is 11.9 Å². The van der Waals surface area contributed by atoms with Gasteiger partial charge in [-0.2, -0.15) is 0 Å². The fourth-order valence-corrected chi connectivity index (χ4v) is 2.51. The van der Waals surface area contributed by atoms with Crippen molar-refractivity contribution in [1.29, 1.82) is 0 Å². The zero-order chi connectivity index (χ0) is 10.8. The Balaban J connectivity index is 2.20. The van der Waals surface area contributed by atoms with Gasteiger partial charge in [0.15, 0.2) is 4.67 Å². The molecule has 2 unspecified atom stereocenters. The van der Waals surface area contributed by atoms with Crippen LogP contribution in [0.1, 0.15) is 24.7 Å². The summed E-state index contributed by atoms with van der Waals surface area (Å²) in [6, 6.07) is 1.95. The molecule has 2 atom stereocenters. The normalized spacial score (nSPS) is 26.9. The molecule has 0 aliphatic carbocycles. The van der Waals surface area contributed by atoms with Crippen molar-refractivity contribution in [2.45, 2.75) is 18.9 Å². The van der Waals surface area contributed by atoms with Gasteiger partial charge in [0, 0.05) is 12.5 Å². The predicted octanol–water partition coefficient (Wildman–Crippen LogP) is 3.23. The van der Waals surface area contributed by atoms with E-state index in [1.165, 1.54) is 0 Å². The maximum atomic E-state index is 5.73. The Morgan fingerprint density at radius 3 is 2.87 bits per heavy atom. The lowest BCUT2D eigenvalue weighted by Gasteiger charge is -2.29. The van der Waals surface area contributed by atoms with Gasteiger partial charge in [-0.15, -0.1) is 0 Å². The Kier molecular flexibility index (Phi) is 3.88. The Labute approximate surface area is 106 Å². The maximum absolute atomic E-state index is 5.73. The van der Waals surface area contributed by atoms with E-state index in [1.54, 1.807) is 0 Å². The van der Waals surface area contributed by atoms with Crippen molar-refractivity contribution >= 4 is 31.9 Å². The largest absolute Gasteiger partial charge is 0.450 e. The zero-order valence-corrected chi connectivity index (χ0v) is 11.4. The predicted molar refractivity (Wildman–Crippen MR) is 64.6 cm³/mol. The van der Waals surface area contributed by atoms with Crippen LogP contribution in [0.4, 0.5) is 0 Å². The Hall–Kier alpha value is 0.160. The highest BCUT2D eigenvalue weighted by Gasteiger charge is 2.29. The summed E-state index contributed by atoms with van der Waals surface area (Å²) < 4.78 is 12.9. The first kappa shape index (κ1) is 11.6. The molecule has 5 heteroatoms. The van der Waals surface area contributed by atoms with E-state index in [1.807, 2.05) is 6.07 Å². The maximum Gasteiger partial charge on any atom is 0.183 e. The van der Waals surface area contributed by atoms with Crippen LogP contribution in [0.25, 0.3) is 0 Å². The topological polar surface area (TPSA) is 48.4 Å². The molecular weight excluding hydrogens is 326 g/mol. The van der Waals surface area contributed by atoms with Crippen LogP contribution < -0.4 is 5.73 Å². The molecule has 0 saturated carbocycles. The van der Waals surface area contributed by atoms with Crippen molar-refractivity contribution in [2.24, 2.45) is 11.7 Å². The number of furan rings is 1. The number of nitrogens with two attached hydrogens (primary N) is 1. The summed E-state index contributed by atoms with van der Waals surface area (Å²) in [5, 5.41) is 0. The third-order valence-electron chi connectivity index (χ3n) is 2.69. The number of halogens is 2. The highest BCUT2D eigenvalue weighted by Crippen LogP contribution is 2.37. The van der Waals surface area contributed by atoms with E-state index in [0.29, 0.717) is 17.1 Å². The molecule has 0 spiro atoms. The molecule has 3 nitrogen and oxygen atoms in total. The number of ether oxygens (including phenoxy) is 1. The minimum atomic E-state index is 0.00588. The van der Waals surface area contributed by atoms with E-state index in [4.69, 9.17) is 14.9 Å². The highest BCUT2D eigenvalue weighted by molar-refractivity contribution is 9.13. The third-order valence-corrected chi connectivity index (χ3v) is 4.40. The van der Waals surface area contributed by atoms with Crippen LogP contribution in [0.3, 0.4) is 0 Å². The summed E-state index contributed by atoms with van der Waals surface area (Å²) in [7, 11) is 0. The van der Waals surface area contributed by atoms with Crippen molar-refractivity contribution in [2.75, 3.05) is 13.2 Å². The quantitative estimate of drug-likeness (QED) is 0.900. The van der Waals surface area contributed by atoms with E-state index in [2.05, 4.69) is 31.9 Å². The average molecular weight is 339 g/mol. The lowest BCUT2D eigenvalue weighted by Crippen LogP contribution is -2.28. The van der Waals surface area contributed by atoms with Crippen LogP contribution in [0.15, 0.2) is 19.6 Å². The monoisotopic (exact) mass is 337 g/mol. The van der Waals surface area contributed by atoms with Crippen LogP contribution in [0, 0.1) is 5.92 Å². The Morgan fingerprint density at radius 2 is 2.27 bits per heavy atom. The summed E-state index contributed by atoms with van der Waals surface area (Å²) in [6.07, 6.45) is 2.20. The molecule has 0 amide bonds. The molecule has 0 bridgehead atoms. The molecule has 1 aromatic heterocycles. The van der Waals surface area contributed by atoms with E-state index in [9.17, 15) is 0 Å². The number of hydrogen-bond acceptors (Lipinski definition) is 3. The second kappa shape index (κ2) is 4.99. The minimum absolute atomic E-state index is 0.00588. The van der Waals surface area contributed by atoms with Crippen molar-refractivity contribution in [1.82, 2.24) is 0 Å². The molecule has 0 radical (unpaired) electrons. The molecule has 15 heavy (non-hydrogen) atoms. The highest BCUT2D eigenvalue weighted by atomic mass is 79.9. The summed E-state index contributed by atoms with van der Waals surface area (Å²) in [6.45, 7) is 1.43. The zero-order valence-electron chi connectivity index (χ0n) is 8.21. The van der Waals surface area contributed by atoms with Gasteiger partial charge >= 0.3 is 0 Å². The van der Waals surface area contributed by atoms with Crippen LogP contribution in [0.2, 0.25) is 0 Å². The summed E-state index contributed by atoms with van der Waals surface area (Å²) in [5.41, 5.74) is 5.73. The van der Waals surface area contributed by atoms with Crippen LogP contribution in [-0.2, 0) is 4.74 Å². The first-order chi connectivity index (χ1) is 7.22. The van der Waals surface area contributed by atoms with E-state index < -0.39 is 0 Å². The van der Waals surface area contributed by atoms with Gasteiger partial charge in [-0.25, -0.2) is 0 Å². The van der Waals surface area contributed by atoms with Crippen molar-refractivity contribution < 1.29 is 9.15 Å². The molecule has 2 heterocycles. The van der Waals surface area contributed by atoms with Crippen LogP contribution in [0.5, 0.6) is 0 Å². The van der Waals surface area contributed by atoms with E-state index >= 15 is 0 Å². The molecular formula is C10H13Br2NO2. The second-order valence-corrected chi connectivity index (χ2v) is 5.27. The molecule has 2 N–H and O–H groups in total. The van der Waals surface area contributed by atoms with Crippen LogP contribution >= 0.6 is 31.9 Å². The summed E-state index contributed by atoms with van der Waals surface area (Å²) in [5.74, 6) is 1.22. The molecule has 1 aliphatic rings. The molecule has 1 fully saturated rings. The fourth-order valence-electron chi connectivity index (χ4n) is 1.90. The van der Waals surface area contributed by atoms with Crippen molar-refractivity contribution in [3.63, 3.8) is 0 Å². The summed E-state index contributed by atoms with van der Waals surface area (Å²) in [4.78, 5) is 0. The van der Waals surface area contributed by atoms with Gasteiger partial charge in [0.05, 0.1) is 4.47 Å². The molecule has 1 saturated heterocycles. The average Bonchev–Trinajstić information content (AvgIpc) is 2.59. The second-order valence-electron chi connectivity index (χ2n) is 3.70. The lowest BCUT2D eigenvalue weighted by molar-refractivity contribution is -0.0375. The van der Waals surface area contributed by atoms with Gasteiger partial charge in [-0.3, -0.25) is 0 Å². The molecule has 84 valence electrons. The van der Waals surface area contributed by atoms with Crippen molar-refractivity contribution in [3.8, 4) is 0 Å². The summed E-state index contributed by atoms with van der Waals surface area (Å²) >= 11 is 6.72. The van der Waals surface area contributed by atoms with Gasteiger partial charge < -0.3 is 14.9 Å². The Bertz CT molecular complexity index is 321. The minimum Gasteiger partial charge on any atom is -0.450 e. The van der Waals surface area contributed by atoms with Gasteiger partial charge in [-0.1, -0.05) is 0 Å². The Morgan fingerprint density at radius 1 is 1.47 bits per heavy atom. The fraction of sp³-hybridized carbons (Fsp3) is 0.600. The number of rotatable bonds is 2. The van der Waals surface area contributed by atoms with Crippen LogP contribution in [-0.4, -0.2) is 13.2 Å². The standard InChI is InChI=1S/C10H13Br2NO2/c11-7-4-8(15-10(7)12)9-6(5-13)2-1-3-14-9/h4,6,9H,1-3,5,13H2. The van der Waals surface area contributed by atoms with Crippen molar-refractivity contribution in [3.05, 3.63) is 21.0 Å². The van der Waals surface area contributed by atoms with E-state index in [-0.39, 0.29) is 6.10 Å². The SMILES string of the molecule is NCC1CCCOC1c1cc(Br)c(Br)o1. The first-order valence-corrected chi connectivity index (χ1v) is 6.57. The first-order valence-electron chi connectivity index (χ1n) is 4.98. The molecule has 0 aromatic carbocycles. The smallest absolute Gasteiger partial charge is 0.183 e. The van der Waals surface area contributed by atoms with Gasteiger partial charge in [0.25, 0.3) is 0 Å². The van der Waals surface area contributed by atoms with Gasteiger partial charge in [0.2, 0.25) is 0 Å². The lowest BCUT2D eigenvalue weighted by atomic mass is 9.93. The number of hydrogen-bond donors (Lipinski definition) is 1.